The van der Waals surface area contributed by atoms with Crippen molar-refractivity contribution in [3.8, 4) is 5.75 Å². The van der Waals surface area contributed by atoms with Crippen molar-refractivity contribution in [3.05, 3.63) is 95.4 Å². The molecule has 27 heavy (non-hydrogen) atoms. The lowest BCUT2D eigenvalue weighted by atomic mass is 9.92. The average molecular weight is 357 g/mol. The highest BCUT2D eigenvalue weighted by molar-refractivity contribution is 5.93. The normalized spacial score (nSPS) is 12.0. The second kappa shape index (κ2) is 6.96. The number of H-pyrrole nitrogens is 1. The Morgan fingerprint density at radius 1 is 1.11 bits per heavy atom. The number of aromatic amines is 1. The minimum absolute atomic E-state index is 0.0891. The van der Waals surface area contributed by atoms with E-state index in [4.69, 9.17) is 0 Å². The molecule has 0 spiro atoms. The molecule has 1 atom stereocenters. The van der Waals surface area contributed by atoms with Crippen LogP contribution in [0.15, 0.2) is 73.1 Å². The van der Waals surface area contributed by atoms with Crippen LogP contribution in [0.2, 0.25) is 0 Å². The van der Waals surface area contributed by atoms with Crippen LogP contribution in [0.4, 0.5) is 0 Å². The van der Waals surface area contributed by atoms with E-state index < -0.39 is 6.04 Å². The summed E-state index contributed by atoms with van der Waals surface area (Å²) in [6.45, 7) is 1.93. The van der Waals surface area contributed by atoms with Crippen molar-refractivity contribution in [2.75, 3.05) is 0 Å². The Kier molecular flexibility index (Phi) is 4.34. The zero-order valence-corrected chi connectivity index (χ0v) is 14.8. The van der Waals surface area contributed by atoms with E-state index in [9.17, 15) is 9.90 Å². The summed E-state index contributed by atoms with van der Waals surface area (Å²) in [4.78, 5) is 19.9. The second-order valence-corrected chi connectivity index (χ2v) is 6.43. The van der Waals surface area contributed by atoms with Gasteiger partial charge in [-0.1, -0.05) is 36.4 Å². The average Bonchev–Trinajstić information content (AvgIpc) is 3.23. The molecule has 5 nitrogen and oxygen atoms in total. The van der Waals surface area contributed by atoms with Crippen molar-refractivity contribution in [1.29, 1.82) is 0 Å². The van der Waals surface area contributed by atoms with Crippen molar-refractivity contribution < 1.29 is 9.90 Å². The van der Waals surface area contributed by atoms with Crippen LogP contribution in [0, 0.1) is 6.92 Å². The molecule has 0 aliphatic carbocycles. The van der Waals surface area contributed by atoms with Crippen molar-refractivity contribution in [1.82, 2.24) is 15.3 Å². The third-order valence-corrected chi connectivity index (χ3v) is 4.65. The Balaban J connectivity index is 1.86. The molecule has 4 aromatic rings. The second-order valence-electron chi connectivity index (χ2n) is 6.43. The van der Waals surface area contributed by atoms with E-state index in [2.05, 4.69) is 15.3 Å². The molecule has 0 saturated carbocycles. The molecule has 1 unspecified atom stereocenters. The van der Waals surface area contributed by atoms with Gasteiger partial charge in [0.1, 0.15) is 17.0 Å². The molecule has 2 aromatic heterocycles. The molecule has 0 bridgehead atoms. The van der Waals surface area contributed by atoms with Gasteiger partial charge in [-0.25, -0.2) is 0 Å². The van der Waals surface area contributed by atoms with Crippen molar-refractivity contribution in [3.63, 3.8) is 0 Å². The van der Waals surface area contributed by atoms with Crippen LogP contribution >= 0.6 is 0 Å². The van der Waals surface area contributed by atoms with Gasteiger partial charge in [0, 0.05) is 23.3 Å². The van der Waals surface area contributed by atoms with E-state index in [1.807, 2.05) is 55.5 Å². The third-order valence-electron chi connectivity index (χ3n) is 4.65. The minimum Gasteiger partial charge on any atom is -0.505 e. The Bertz CT molecular complexity index is 1090. The number of rotatable bonds is 4. The fourth-order valence-corrected chi connectivity index (χ4v) is 3.37. The molecule has 3 N–H and O–H groups in total. The van der Waals surface area contributed by atoms with Crippen molar-refractivity contribution in [2.45, 2.75) is 13.0 Å². The molecular weight excluding hydrogens is 338 g/mol. The molecule has 134 valence electrons. The third kappa shape index (κ3) is 3.15. The lowest BCUT2D eigenvalue weighted by Gasteiger charge is -2.23. The molecule has 0 saturated heterocycles. The number of phenols is 1. The summed E-state index contributed by atoms with van der Waals surface area (Å²) in [5.41, 5.74) is 3.40. The van der Waals surface area contributed by atoms with Crippen LogP contribution in [0.5, 0.6) is 5.75 Å². The van der Waals surface area contributed by atoms with E-state index in [1.54, 1.807) is 24.5 Å². The largest absolute Gasteiger partial charge is 0.505 e. The monoisotopic (exact) mass is 357 g/mol. The molecule has 2 heterocycles. The van der Waals surface area contributed by atoms with Crippen LogP contribution in [-0.4, -0.2) is 21.0 Å². The van der Waals surface area contributed by atoms with Gasteiger partial charge in [0.2, 0.25) is 0 Å². The summed E-state index contributed by atoms with van der Waals surface area (Å²) in [5, 5.41) is 14.9. The van der Waals surface area contributed by atoms with Gasteiger partial charge in [-0.15, -0.1) is 0 Å². The van der Waals surface area contributed by atoms with Crippen LogP contribution in [0.1, 0.15) is 33.2 Å². The van der Waals surface area contributed by atoms with E-state index in [0.29, 0.717) is 16.8 Å². The Hall–Kier alpha value is -3.60. The first-order valence-corrected chi connectivity index (χ1v) is 8.71. The number of carbonyl (C=O) groups excluding carboxylic acids is 1. The van der Waals surface area contributed by atoms with Crippen LogP contribution in [0.3, 0.4) is 0 Å². The molecule has 1 amide bonds. The lowest BCUT2D eigenvalue weighted by molar-refractivity contribution is 0.0938. The molecule has 0 radical (unpaired) electrons. The molecule has 4 rings (SSSR count). The number of nitrogens with zero attached hydrogens (tertiary/aromatic N) is 1. The highest BCUT2D eigenvalue weighted by atomic mass is 16.3. The quantitative estimate of drug-likeness (QED) is 0.515. The number of fused-ring (bicyclic) bond motifs is 1. The number of aromatic nitrogens is 2. The molecule has 2 aromatic carbocycles. The first-order chi connectivity index (χ1) is 13.1. The van der Waals surface area contributed by atoms with Gasteiger partial charge < -0.3 is 15.4 Å². The molecule has 0 fully saturated rings. The highest BCUT2D eigenvalue weighted by Crippen LogP contribution is 2.37. The van der Waals surface area contributed by atoms with Crippen LogP contribution in [0.25, 0.3) is 10.9 Å². The Morgan fingerprint density at radius 3 is 2.67 bits per heavy atom. The molecular formula is C22H19N3O2. The number of benzene rings is 2. The first-order valence-electron chi connectivity index (χ1n) is 8.71. The van der Waals surface area contributed by atoms with Crippen molar-refractivity contribution >= 4 is 16.8 Å². The summed E-state index contributed by atoms with van der Waals surface area (Å²) < 4.78 is 0. The van der Waals surface area contributed by atoms with Gasteiger partial charge in [0.05, 0.1) is 6.04 Å². The fraction of sp³-hybridized carbons (Fsp3) is 0.0909. The lowest BCUT2D eigenvalue weighted by Crippen LogP contribution is -2.30. The fourth-order valence-electron chi connectivity index (χ4n) is 3.37. The number of aromatic hydroxyl groups is 1. The van der Waals surface area contributed by atoms with Crippen molar-refractivity contribution in [2.24, 2.45) is 0 Å². The predicted octanol–water partition coefficient (Wildman–Crippen LogP) is 4.10. The number of nitrogens with one attached hydrogen (secondary N) is 2. The zero-order chi connectivity index (χ0) is 18.8. The maximum atomic E-state index is 12.7. The number of hydrogen-bond donors (Lipinski definition) is 3. The summed E-state index contributed by atoms with van der Waals surface area (Å²) in [7, 11) is 0. The number of phenolic OH excluding ortho intramolecular Hbond substituents is 1. The number of amides is 1. The predicted molar refractivity (Wildman–Crippen MR) is 105 cm³/mol. The maximum absolute atomic E-state index is 12.7. The van der Waals surface area contributed by atoms with E-state index >= 15 is 0 Å². The van der Waals surface area contributed by atoms with Crippen LogP contribution in [-0.2, 0) is 0 Å². The molecule has 5 heteroatoms. The number of pyridine rings is 1. The minimum atomic E-state index is -0.506. The SMILES string of the molecule is Cc1cc2cccnc2c(O)c1C(NC(=O)c1ccc[nH]1)c1ccccc1. The number of aryl methyl sites for hydroxylation is 1. The molecule has 0 aliphatic heterocycles. The Labute approximate surface area is 156 Å². The summed E-state index contributed by atoms with van der Waals surface area (Å²) in [6, 6.07) is 18.3. The highest BCUT2D eigenvalue weighted by Gasteiger charge is 2.24. The van der Waals surface area contributed by atoms with Gasteiger partial charge >= 0.3 is 0 Å². The van der Waals surface area contributed by atoms with Gasteiger partial charge in [-0.05, 0) is 42.3 Å². The van der Waals surface area contributed by atoms with Gasteiger partial charge in [0.25, 0.3) is 5.91 Å². The van der Waals surface area contributed by atoms with Gasteiger partial charge in [0.15, 0.2) is 0 Å². The summed E-state index contributed by atoms with van der Waals surface area (Å²) >= 11 is 0. The summed E-state index contributed by atoms with van der Waals surface area (Å²) in [6.07, 6.45) is 3.35. The van der Waals surface area contributed by atoms with E-state index in [1.165, 1.54) is 0 Å². The Morgan fingerprint density at radius 2 is 1.93 bits per heavy atom. The maximum Gasteiger partial charge on any atom is 0.268 e. The number of hydrogen-bond acceptors (Lipinski definition) is 3. The first kappa shape index (κ1) is 16.8. The summed E-state index contributed by atoms with van der Waals surface area (Å²) in [5.74, 6) is -0.153. The zero-order valence-electron chi connectivity index (χ0n) is 14.8. The van der Waals surface area contributed by atoms with Crippen LogP contribution < -0.4 is 5.32 Å². The number of carbonyl (C=O) groups is 1. The van der Waals surface area contributed by atoms with E-state index in [-0.39, 0.29) is 11.7 Å². The molecule has 0 aliphatic rings. The smallest absolute Gasteiger partial charge is 0.268 e. The van der Waals surface area contributed by atoms with Gasteiger partial charge in [-0.3, -0.25) is 9.78 Å². The van der Waals surface area contributed by atoms with E-state index in [0.717, 1.165) is 16.5 Å². The topological polar surface area (TPSA) is 78.0 Å². The van der Waals surface area contributed by atoms with Gasteiger partial charge in [-0.2, -0.15) is 0 Å². The standard InChI is InChI=1S/C22H19N3O2/c1-14-13-16-9-5-12-24-20(16)21(26)18(14)19(15-7-3-2-4-8-15)25-22(27)17-10-6-11-23-17/h2-13,19,23,26H,1H3,(H,25,27).